The molecule has 0 radical (unpaired) electrons. The molecule has 48 heavy (non-hydrogen) atoms. The molecule has 0 atom stereocenters. The molecule has 0 unspecified atom stereocenters. The van der Waals surface area contributed by atoms with Crippen LogP contribution in [0.2, 0.25) is 0 Å². The minimum atomic E-state index is 0.607. The second kappa shape index (κ2) is 11.6. The van der Waals surface area contributed by atoms with Gasteiger partial charge >= 0.3 is 0 Å². The van der Waals surface area contributed by atoms with E-state index in [1.807, 2.05) is 78.9 Å². The Hall–Kier alpha value is -6.59. The van der Waals surface area contributed by atoms with Crippen LogP contribution in [0.5, 0.6) is 0 Å². The summed E-state index contributed by atoms with van der Waals surface area (Å²) < 4.78 is 6.73. The van der Waals surface area contributed by atoms with Crippen LogP contribution < -0.4 is 4.90 Å². The van der Waals surface area contributed by atoms with Crippen LogP contribution in [0.3, 0.4) is 0 Å². The standard InChI is InChI=1S/C43H28N4O/c1-5-16-29(17-6-1)41-44-42(30-18-7-2-8-19-30)46-43(45-41)35-28-36-39-37(47(31-20-9-3-10-21-31)32-22-11-4-12-23-32)26-15-27-38(39)48-40(36)34-25-14-13-24-33(34)35/h1-28H. The molecule has 0 amide bonds. The Labute approximate surface area is 277 Å². The van der Waals surface area contributed by atoms with Crippen molar-refractivity contribution in [3.05, 3.63) is 170 Å². The fourth-order valence-corrected chi connectivity index (χ4v) is 6.51. The van der Waals surface area contributed by atoms with E-state index in [1.54, 1.807) is 0 Å². The molecule has 7 aromatic carbocycles. The first-order valence-corrected chi connectivity index (χ1v) is 16.0. The average Bonchev–Trinajstić information content (AvgIpc) is 3.56. The van der Waals surface area contributed by atoms with E-state index in [2.05, 4.69) is 95.9 Å². The SMILES string of the molecule is c1ccc(-c2nc(-c3ccccc3)nc(-c3cc4c(oc5cccc(N(c6ccccc6)c6ccccc6)c54)c4ccccc34)n2)cc1. The van der Waals surface area contributed by atoms with Crippen molar-refractivity contribution in [2.75, 3.05) is 4.90 Å². The molecule has 0 aliphatic rings. The number of para-hydroxylation sites is 2. The van der Waals surface area contributed by atoms with Crippen LogP contribution in [0.15, 0.2) is 174 Å². The summed E-state index contributed by atoms with van der Waals surface area (Å²) in [6, 6.07) is 57.9. The van der Waals surface area contributed by atoms with Crippen molar-refractivity contribution in [1.29, 1.82) is 0 Å². The van der Waals surface area contributed by atoms with E-state index in [1.165, 1.54) is 0 Å². The van der Waals surface area contributed by atoms with Crippen molar-refractivity contribution in [2.24, 2.45) is 0 Å². The summed E-state index contributed by atoms with van der Waals surface area (Å²) >= 11 is 0. The normalized spacial score (nSPS) is 11.3. The van der Waals surface area contributed by atoms with E-state index in [-0.39, 0.29) is 0 Å². The van der Waals surface area contributed by atoms with Crippen LogP contribution in [0.25, 0.3) is 66.9 Å². The number of hydrogen-bond acceptors (Lipinski definition) is 5. The lowest BCUT2D eigenvalue weighted by atomic mass is 9.98. The van der Waals surface area contributed by atoms with Gasteiger partial charge in [-0.15, -0.1) is 0 Å². The monoisotopic (exact) mass is 616 g/mol. The fraction of sp³-hybridized carbons (Fsp3) is 0. The lowest BCUT2D eigenvalue weighted by molar-refractivity contribution is 0.672. The summed E-state index contributed by atoms with van der Waals surface area (Å²) in [7, 11) is 0. The number of nitrogens with zero attached hydrogens (tertiary/aromatic N) is 4. The highest BCUT2D eigenvalue weighted by Crippen LogP contribution is 2.46. The molecule has 9 aromatic rings. The average molecular weight is 617 g/mol. The first-order valence-electron chi connectivity index (χ1n) is 16.0. The molecule has 0 aliphatic heterocycles. The van der Waals surface area contributed by atoms with Crippen LogP contribution in [0, 0.1) is 0 Å². The molecule has 0 spiro atoms. The summed E-state index contributed by atoms with van der Waals surface area (Å²) in [6.45, 7) is 0. The Balaban J connectivity index is 1.35. The molecule has 5 nitrogen and oxygen atoms in total. The molecule has 0 bridgehead atoms. The summed E-state index contributed by atoms with van der Waals surface area (Å²) in [5.41, 5.74) is 7.56. The second-order valence-corrected chi connectivity index (χ2v) is 11.6. The van der Waals surface area contributed by atoms with Crippen molar-refractivity contribution in [3.8, 4) is 34.2 Å². The van der Waals surface area contributed by atoms with E-state index in [0.717, 1.165) is 66.5 Å². The summed E-state index contributed by atoms with van der Waals surface area (Å²) in [5, 5.41) is 4.03. The smallest absolute Gasteiger partial charge is 0.164 e. The molecule has 0 fully saturated rings. The maximum absolute atomic E-state index is 6.73. The Bertz CT molecular complexity index is 2450. The number of hydrogen-bond donors (Lipinski definition) is 0. The van der Waals surface area contributed by atoms with Gasteiger partial charge in [-0.2, -0.15) is 0 Å². The molecule has 0 N–H and O–H groups in total. The summed E-state index contributed by atoms with van der Waals surface area (Å²) in [4.78, 5) is 17.4. The molecule has 2 heterocycles. The van der Waals surface area contributed by atoms with Crippen molar-refractivity contribution >= 4 is 49.8 Å². The Morgan fingerprint density at radius 2 is 0.917 bits per heavy atom. The van der Waals surface area contributed by atoms with Crippen LogP contribution in [-0.4, -0.2) is 15.0 Å². The van der Waals surface area contributed by atoms with Crippen LogP contribution in [0.1, 0.15) is 0 Å². The Morgan fingerprint density at radius 3 is 1.50 bits per heavy atom. The Morgan fingerprint density at radius 1 is 0.417 bits per heavy atom. The molecule has 226 valence electrons. The molecule has 9 rings (SSSR count). The lowest BCUT2D eigenvalue weighted by Gasteiger charge is -2.26. The van der Waals surface area contributed by atoms with Gasteiger partial charge in [0.1, 0.15) is 11.2 Å². The zero-order chi connectivity index (χ0) is 31.9. The molecule has 2 aromatic heterocycles. The molecular formula is C43H28N4O. The van der Waals surface area contributed by atoms with Crippen molar-refractivity contribution in [3.63, 3.8) is 0 Å². The predicted octanol–water partition coefficient (Wildman–Crippen LogP) is 11.4. The molecule has 0 saturated carbocycles. The van der Waals surface area contributed by atoms with Gasteiger partial charge in [-0.3, -0.25) is 0 Å². The predicted molar refractivity (Wildman–Crippen MR) is 196 cm³/mol. The maximum atomic E-state index is 6.73. The highest BCUT2D eigenvalue weighted by molar-refractivity contribution is 6.22. The van der Waals surface area contributed by atoms with E-state index in [9.17, 15) is 0 Å². The van der Waals surface area contributed by atoms with E-state index >= 15 is 0 Å². The molecule has 5 heteroatoms. The first kappa shape index (κ1) is 27.7. The van der Waals surface area contributed by atoms with E-state index in [4.69, 9.17) is 19.4 Å². The van der Waals surface area contributed by atoms with Crippen LogP contribution >= 0.6 is 0 Å². The van der Waals surface area contributed by atoms with Gasteiger partial charge < -0.3 is 9.32 Å². The van der Waals surface area contributed by atoms with Crippen molar-refractivity contribution < 1.29 is 4.42 Å². The quantitative estimate of drug-likeness (QED) is 0.186. The van der Waals surface area contributed by atoms with Gasteiger partial charge in [0, 0.05) is 38.8 Å². The third kappa shape index (κ3) is 4.77. The van der Waals surface area contributed by atoms with E-state index < -0.39 is 0 Å². The largest absolute Gasteiger partial charge is 0.455 e. The summed E-state index contributed by atoms with van der Waals surface area (Å²) in [5.74, 6) is 1.86. The highest BCUT2D eigenvalue weighted by atomic mass is 16.3. The number of aromatic nitrogens is 3. The number of anilines is 3. The zero-order valence-electron chi connectivity index (χ0n) is 25.9. The molecular weight excluding hydrogens is 589 g/mol. The van der Waals surface area contributed by atoms with Gasteiger partial charge in [-0.05, 0) is 47.9 Å². The summed E-state index contributed by atoms with van der Waals surface area (Å²) in [6.07, 6.45) is 0. The number of furan rings is 1. The minimum absolute atomic E-state index is 0.607. The van der Waals surface area contributed by atoms with Gasteiger partial charge in [-0.25, -0.2) is 15.0 Å². The maximum Gasteiger partial charge on any atom is 0.164 e. The number of rotatable bonds is 6. The third-order valence-electron chi connectivity index (χ3n) is 8.69. The van der Waals surface area contributed by atoms with Gasteiger partial charge in [0.25, 0.3) is 0 Å². The Kier molecular flexibility index (Phi) is 6.72. The van der Waals surface area contributed by atoms with Crippen LogP contribution in [-0.2, 0) is 0 Å². The minimum Gasteiger partial charge on any atom is -0.455 e. The third-order valence-corrected chi connectivity index (χ3v) is 8.69. The van der Waals surface area contributed by atoms with Crippen LogP contribution in [0.4, 0.5) is 17.1 Å². The molecule has 0 aliphatic carbocycles. The topological polar surface area (TPSA) is 55.1 Å². The van der Waals surface area contributed by atoms with Gasteiger partial charge in [0.15, 0.2) is 17.5 Å². The zero-order valence-corrected chi connectivity index (χ0v) is 25.9. The first-order chi connectivity index (χ1) is 23.8. The number of fused-ring (bicyclic) bond motifs is 5. The second-order valence-electron chi connectivity index (χ2n) is 11.6. The van der Waals surface area contributed by atoms with Crippen molar-refractivity contribution in [2.45, 2.75) is 0 Å². The van der Waals surface area contributed by atoms with E-state index in [0.29, 0.717) is 17.5 Å². The van der Waals surface area contributed by atoms with Gasteiger partial charge in [0.2, 0.25) is 0 Å². The van der Waals surface area contributed by atoms with Crippen molar-refractivity contribution in [1.82, 2.24) is 15.0 Å². The number of benzene rings is 7. The van der Waals surface area contributed by atoms with Gasteiger partial charge in [-0.1, -0.05) is 127 Å². The highest BCUT2D eigenvalue weighted by Gasteiger charge is 2.23. The van der Waals surface area contributed by atoms with Gasteiger partial charge in [0.05, 0.1) is 11.1 Å². The fourth-order valence-electron chi connectivity index (χ4n) is 6.51. The molecule has 0 saturated heterocycles. The lowest BCUT2D eigenvalue weighted by Crippen LogP contribution is -2.09.